The van der Waals surface area contributed by atoms with E-state index in [0.29, 0.717) is 49.5 Å². The van der Waals surface area contributed by atoms with Gasteiger partial charge in [-0.3, -0.25) is 9.59 Å². The summed E-state index contributed by atoms with van der Waals surface area (Å²) in [4.78, 5) is 72.8. The van der Waals surface area contributed by atoms with Crippen LogP contribution in [0.5, 0.6) is 11.5 Å². The number of ether oxygens (including phenoxy) is 6. The van der Waals surface area contributed by atoms with Crippen molar-refractivity contribution in [2.24, 2.45) is 17.3 Å². The molecule has 374 valence electrons. The van der Waals surface area contributed by atoms with Crippen molar-refractivity contribution >= 4 is 35.0 Å². The third kappa shape index (κ3) is 10.6. The van der Waals surface area contributed by atoms with E-state index in [2.05, 4.69) is 20.6 Å². The number of hydrogen-bond acceptors (Lipinski definition) is 12. The Morgan fingerprint density at radius 3 is 1.84 bits per heavy atom. The van der Waals surface area contributed by atoms with Crippen LogP contribution in [0, 0.1) is 17.3 Å². The molecule has 3 aromatic carbocycles. The van der Waals surface area contributed by atoms with Gasteiger partial charge in [0.15, 0.2) is 11.5 Å². The summed E-state index contributed by atoms with van der Waals surface area (Å²) in [7, 11) is 5.84. The van der Waals surface area contributed by atoms with Gasteiger partial charge in [0, 0.05) is 38.4 Å². The molecule has 0 radical (unpaired) electrons. The predicted molar refractivity (Wildman–Crippen MR) is 262 cm³/mol. The Morgan fingerprint density at radius 2 is 1.27 bits per heavy atom. The van der Waals surface area contributed by atoms with E-state index >= 15 is 0 Å². The fraction of sp³-hybridized carbons (Fsp3) is 0.500. The average molecular weight is 963 g/mol. The monoisotopic (exact) mass is 962 g/mol. The number of fused-ring (bicyclic) bond motifs is 1. The molecule has 1 spiro atoms. The van der Waals surface area contributed by atoms with Gasteiger partial charge in [-0.05, 0) is 90.3 Å². The zero-order chi connectivity index (χ0) is 49.7. The molecular weight excluding hydrogens is 897 g/mol. The Bertz CT molecular complexity index is 2660. The van der Waals surface area contributed by atoms with E-state index in [0.717, 1.165) is 76.6 Å². The molecule has 4 heterocycles. The van der Waals surface area contributed by atoms with Gasteiger partial charge < -0.3 is 58.8 Å². The van der Waals surface area contributed by atoms with Gasteiger partial charge in [0.05, 0.1) is 62.4 Å². The number of hydrogen-bond donors (Lipinski definition) is 4. The first kappa shape index (κ1) is 49.8. The Hall–Kier alpha value is -6.66. The van der Waals surface area contributed by atoms with Gasteiger partial charge >= 0.3 is 12.2 Å². The SMILES string of the molecule is COCCOc1c(-c2ccc(-c3cnc([C@@H]4CC5(CC5)CN4C(=O)[C@@H](NC(=O)OC)C(C)C)[nH]3)cc2)ccc(-c2ccc3nc([C@@H]4CCCN4C(=O)[C@@H](NC(=O)OC)C(C)C)[nH]c3c2)c1OCCOC. The first-order valence-corrected chi connectivity index (χ1v) is 24.1. The smallest absolute Gasteiger partial charge is 0.407 e. The fourth-order valence-electron chi connectivity index (χ4n) is 9.74. The number of nitrogens with zero attached hydrogens (tertiary/aromatic N) is 4. The Morgan fingerprint density at radius 1 is 0.700 bits per heavy atom. The minimum Gasteiger partial charge on any atom is -0.487 e. The lowest BCUT2D eigenvalue weighted by Crippen LogP contribution is -2.51. The third-order valence-corrected chi connectivity index (χ3v) is 13.8. The molecule has 3 fully saturated rings. The predicted octanol–water partition coefficient (Wildman–Crippen LogP) is 7.82. The number of methoxy groups -OCH3 is 4. The lowest BCUT2D eigenvalue weighted by Gasteiger charge is -2.30. The number of aromatic nitrogens is 4. The average Bonchev–Trinajstić information content (AvgIpc) is 3.85. The number of rotatable bonds is 19. The van der Waals surface area contributed by atoms with Crippen molar-refractivity contribution in [3.05, 3.63) is 72.4 Å². The summed E-state index contributed by atoms with van der Waals surface area (Å²) in [5.74, 6) is 1.89. The van der Waals surface area contributed by atoms with Gasteiger partial charge in [-0.1, -0.05) is 58.0 Å². The zero-order valence-electron chi connectivity index (χ0n) is 41.4. The highest BCUT2D eigenvalue weighted by molar-refractivity contribution is 5.90. The number of amides is 4. The minimum absolute atomic E-state index is 0.0767. The van der Waals surface area contributed by atoms with Crippen molar-refractivity contribution in [2.75, 3.05) is 68.0 Å². The normalized spacial score (nSPS) is 18.1. The molecule has 0 bridgehead atoms. The van der Waals surface area contributed by atoms with Gasteiger partial charge in [-0.25, -0.2) is 19.6 Å². The van der Waals surface area contributed by atoms with Crippen molar-refractivity contribution in [2.45, 2.75) is 84.0 Å². The Balaban J connectivity index is 1.08. The van der Waals surface area contributed by atoms with Crippen molar-refractivity contribution in [3.63, 3.8) is 0 Å². The Kier molecular flexibility index (Phi) is 15.3. The van der Waals surface area contributed by atoms with E-state index in [1.807, 2.05) is 93.4 Å². The van der Waals surface area contributed by atoms with Crippen LogP contribution in [0.3, 0.4) is 0 Å². The molecule has 4 atom stereocenters. The lowest BCUT2D eigenvalue weighted by atomic mass is 9.96. The van der Waals surface area contributed by atoms with Crippen LogP contribution in [-0.2, 0) is 28.5 Å². The summed E-state index contributed by atoms with van der Waals surface area (Å²) in [5.41, 5.74) is 6.72. The maximum absolute atomic E-state index is 14.0. The number of benzene rings is 3. The van der Waals surface area contributed by atoms with Crippen molar-refractivity contribution in [3.8, 4) is 45.0 Å². The first-order chi connectivity index (χ1) is 33.8. The third-order valence-electron chi connectivity index (χ3n) is 13.8. The molecule has 2 saturated heterocycles. The second kappa shape index (κ2) is 21.5. The molecule has 8 rings (SSSR count). The van der Waals surface area contributed by atoms with Crippen LogP contribution in [0.25, 0.3) is 44.5 Å². The van der Waals surface area contributed by atoms with Gasteiger partial charge in [0.2, 0.25) is 11.8 Å². The molecule has 18 nitrogen and oxygen atoms in total. The fourth-order valence-corrected chi connectivity index (χ4v) is 9.74. The van der Waals surface area contributed by atoms with Crippen LogP contribution in [0.15, 0.2) is 60.8 Å². The number of alkyl carbamates (subject to hydrolysis) is 2. The van der Waals surface area contributed by atoms with E-state index in [1.165, 1.54) is 14.2 Å². The molecule has 1 saturated carbocycles. The van der Waals surface area contributed by atoms with Crippen LogP contribution < -0.4 is 20.1 Å². The topological polar surface area (TPSA) is 212 Å². The molecule has 5 aromatic rings. The summed E-state index contributed by atoms with van der Waals surface area (Å²) < 4.78 is 33.6. The summed E-state index contributed by atoms with van der Waals surface area (Å²) in [5, 5.41) is 5.47. The highest BCUT2D eigenvalue weighted by Gasteiger charge is 2.55. The largest absolute Gasteiger partial charge is 0.487 e. The molecule has 3 aliphatic rings. The molecular formula is C52H66N8O10. The van der Waals surface area contributed by atoms with E-state index in [1.54, 1.807) is 19.1 Å². The summed E-state index contributed by atoms with van der Waals surface area (Å²) in [6.07, 6.45) is 4.98. The van der Waals surface area contributed by atoms with E-state index in [-0.39, 0.29) is 54.4 Å². The van der Waals surface area contributed by atoms with Crippen molar-refractivity contribution < 1.29 is 47.6 Å². The number of carbonyl (C=O) groups excluding carboxylic acids is 4. The number of likely N-dealkylation sites (tertiary alicyclic amines) is 2. The number of carbonyl (C=O) groups is 4. The van der Waals surface area contributed by atoms with Crippen molar-refractivity contribution in [1.29, 1.82) is 0 Å². The molecule has 2 aromatic heterocycles. The number of aromatic amines is 2. The zero-order valence-corrected chi connectivity index (χ0v) is 41.4. The molecule has 0 unspecified atom stereocenters. The highest BCUT2D eigenvalue weighted by Crippen LogP contribution is 2.58. The van der Waals surface area contributed by atoms with Crippen LogP contribution in [0.4, 0.5) is 9.59 Å². The van der Waals surface area contributed by atoms with Crippen LogP contribution in [0.2, 0.25) is 0 Å². The molecule has 4 N–H and O–H groups in total. The molecule has 1 aliphatic carbocycles. The quantitative estimate of drug-likeness (QED) is 0.0584. The molecule has 2 aliphatic heterocycles. The maximum Gasteiger partial charge on any atom is 0.407 e. The van der Waals surface area contributed by atoms with Gasteiger partial charge in [-0.15, -0.1) is 0 Å². The summed E-state index contributed by atoms with van der Waals surface area (Å²) in [6, 6.07) is 16.2. The minimum atomic E-state index is -0.738. The number of nitrogens with one attached hydrogen (secondary N) is 4. The van der Waals surface area contributed by atoms with Crippen LogP contribution in [-0.4, -0.2) is 134 Å². The van der Waals surface area contributed by atoms with E-state index in [4.69, 9.17) is 38.4 Å². The van der Waals surface area contributed by atoms with E-state index < -0.39 is 24.3 Å². The second-order valence-electron chi connectivity index (χ2n) is 19.2. The molecule has 70 heavy (non-hydrogen) atoms. The standard InChI is InChI=1S/C52H66N8O10/c1-30(2)42(57-50(63)67-7)48(61)59-21-9-10-40(59)47-54-37-18-15-34(26-38(37)55-47)36-17-16-35(44(69-24-22-65-5)45(36)70-25-23-66-6)32-11-13-33(14-12-32)39-28-53-46(56-39)41-27-52(19-20-52)29-60(41)49(62)43(31(3)4)58-51(64)68-8/h11-18,26,28,30-31,40-43H,9-10,19-25,27,29H2,1-8H3,(H,53,56)(H,54,55)(H,57,63)(H,58,64)/t40-,41-,42-,43-/m0/s1. The molecule has 18 heteroatoms. The number of imidazole rings is 2. The second-order valence-corrected chi connectivity index (χ2v) is 19.2. The maximum atomic E-state index is 14.0. The lowest BCUT2D eigenvalue weighted by molar-refractivity contribution is -0.136. The van der Waals surface area contributed by atoms with Crippen molar-refractivity contribution in [1.82, 2.24) is 40.4 Å². The van der Waals surface area contributed by atoms with Crippen LogP contribution >= 0.6 is 0 Å². The van der Waals surface area contributed by atoms with Crippen LogP contribution in [0.1, 0.15) is 83.5 Å². The Labute approximate surface area is 408 Å². The first-order valence-electron chi connectivity index (χ1n) is 24.1. The van der Waals surface area contributed by atoms with Gasteiger partial charge in [0.1, 0.15) is 36.9 Å². The van der Waals surface area contributed by atoms with Gasteiger partial charge in [-0.2, -0.15) is 0 Å². The van der Waals surface area contributed by atoms with Gasteiger partial charge in [0.25, 0.3) is 0 Å². The summed E-state index contributed by atoms with van der Waals surface area (Å²) >= 11 is 0. The molecule has 4 amide bonds. The van der Waals surface area contributed by atoms with E-state index in [9.17, 15) is 19.2 Å². The number of H-pyrrole nitrogens is 2. The highest BCUT2D eigenvalue weighted by atomic mass is 16.6. The summed E-state index contributed by atoms with van der Waals surface area (Å²) in [6.45, 7) is 10.0.